The molecule has 1 N–H and O–H groups in total. The smallest absolute Gasteiger partial charge is 0.223 e. The molecule has 1 fully saturated rings. The van der Waals surface area contributed by atoms with Crippen LogP contribution in [0.3, 0.4) is 0 Å². The number of nitrogens with one attached hydrogen (secondary N) is 1. The molecule has 0 atom stereocenters. The van der Waals surface area contributed by atoms with E-state index in [2.05, 4.69) is 7.05 Å². The van der Waals surface area contributed by atoms with Crippen LogP contribution in [-0.4, -0.2) is 49.8 Å². The first-order valence-electron chi connectivity index (χ1n) is 6.62. The van der Waals surface area contributed by atoms with E-state index in [-0.39, 0.29) is 5.91 Å². The third kappa shape index (κ3) is 4.71. The molecule has 5 heteroatoms. The molecule has 19 heavy (non-hydrogen) atoms. The number of hydrogen-bond donors (Lipinski definition) is 1. The zero-order valence-corrected chi connectivity index (χ0v) is 12.8. The zero-order chi connectivity index (χ0) is 13.7. The third-order valence-corrected chi connectivity index (χ3v) is 4.63. The molecule has 1 amide bonds. The van der Waals surface area contributed by atoms with Crippen molar-refractivity contribution in [1.82, 2.24) is 4.90 Å². The molecule has 1 saturated heterocycles. The average Bonchev–Trinajstić information content (AvgIpc) is 2.41. The molecule has 0 bridgehead atoms. The molecular weight excluding hydrogens is 280 g/mol. The lowest BCUT2D eigenvalue weighted by Crippen LogP contribution is -3.12. The topological polar surface area (TPSA) is 24.8 Å². The highest BCUT2D eigenvalue weighted by Crippen LogP contribution is 2.21. The van der Waals surface area contributed by atoms with Gasteiger partial charge in [0.1, 0.15) is 0 Å². The van der Waals surface area contributed by atoms with E-state index in [1.807, 2.05) is 29.2 Å². The summed E-state index contributed by atoms with van der Waals surface area (Å²) < 4.78 is 0. The van der Waals surface area contributed by atoms with Gasteiger partial charge in [-0.15, -0.1) is 11.8 Å². The van der Waals surface area contributed by atoms with E-state index < -0.39 is 0 Å². The Morgan fingerprint density at radius 1 is 1.32 bits per heavy atom. The zero-order valence-electron chi connectivity index (χ0n) is 11.2. The Morgan fingerprint density at radius 2 is 1.95 bits per heavy atom. The van der Waals surface area contributed by atoms with Gasteiger partial charge in [-0.05, 0) is 24.3 Å². The Morgan fingerprint density at radius 3 is 2.58 bits per heavy atom. The van der Waals surface area contributed by atoms with Gasteiger partial charge in [0, 0.05) is 22.1 Å². The molecule has 0 radical (unpaired) electrons. The van der Waals surface area contributed by atoms with Crippen LogP contribution in [0.25, 0.3) is 0 Å². The first kappa shape index (κ1) is 14.7. The summed E-state index contributed by atoms with van der Waals surface area (Å²) in [6.07, 6.45) is 0.617. The van der Waals surface area contributed by atoms with Crippen LogP contribution in [0, 0.1) is 0 Å². The number of carbonyl (C=O) groups is 1. The van der Waals surface area contributed by atoms with E-state index in [1.54, 1.807) is 11.8 Å². The monoisotopic (exact) mass is 299 g/mol. The minimum atomic E-state index is 0.286. The molecule has 0 spiro atoms. The van der Waals surface area contributed by atoms with E-state index in [9.17, 15) is 4.79 Å². The van der Waals surface area contributed by atoms with Gasteiger partial charge in [-0.25, -0.2) is 0 Å². The number of nitrogens with zero attached hydrogens (tertiary/aromatic N) is 1. The highest BCUT2D eigenvalue weighted by Gasteiger charge is 2.20. The summed E-state index contributed by atoms with van der Waals surface area (Å²) in [7, 11) is 2.18. The van der Waals surface area contributed by atoms with Crippen molar-refractivity contribution >= 4 is 29.3 Å². The number of likely N-dealkylation sites (N-methyl/N-ethyl adjacent to an activating group) is 1. The standard InChI is InChI=1S/C14H19ClN2OS/c1-16-7-9-17(10-8-16)14(18)6-11-19-13-4-2-12(15)3-5-13/h2-5H,6-11H2,1H3/p+1. The summed E-state index contributed by atoms with van der Waals surface area (Å²) in [4.78, 5) is 16.7. The number of thioether (sulfide) groups is 1. The van der Waals surface area contributed by atoms with Gasteiger partial charge >= 0.3 is 0 Å². The predicted molar refractivity (Wildman–Crippen MR) is 80.0 cm³/mol. The first-order valence-corrected chi connectivity index (χ1v) is 7.99. The number of piperazine rings is 1. The van der Waals surface area contributed by atoms with Crippen LogP contribution >= 0.6 is 23.4 Å². The lowest BCUT2D eigenvalue weighted by Gasteiger charge is -2.30. The quantitative estimate of drug-likeness (QED) is 0.845. The van der Waals surface area contributed by atoms with Crippen LogP contribution in [0.5, 0.6) is 0 Å². The second-order valence-electron chi connectivity index (χ2n) is 4.89. The molecule has 2 rings (SSSR count). The Hall–Kier alpha value is -0.710. The Bertz CT molecular complexity index is 416. The largest absolute Gasteiger partial charge is 0.334 e. The fourth-order valence-electron chi connectivity index (χ4n) is 2.08. The highest BCUT2D eigenvalue weighted by atomic mass is 35.5. The number of hydrogen-bond acceptors (Lipinski definition) is 2. The molecule has 104 valence electrons. The number of halogens is 1. The lowest BCUT2D eigenvalue weighted by atomic mass is 10.3. The van der Waals surface area contributed by atoms with Gasteiger partial charge < -0.3 is 9.80 Å². The molecule has 0 saturated carbocycles. The average molecular weight is 300 g/mol. The molecule has 0 unspecified atom stereocenters. The highest BCUT2D eigenvalue weighted by molar-refractivity contribution is 7.99. The second kappa shape index (κ2) is 7.17. The third-order valence-electron chi connectivity index (χ3n) is 3.37. The maximum Gasteiger partial charge on any atom is 0.223 e. The van der Waals surface area contributed by atoms with Crippen molar-refractivity contribution in [3.05, 3.63) is 29.3 Å². The summed E-state index contributed by atoms with van der Waals surface area (Å²) in [6.45, 7) is 3.93. The van der Waals surface area contributed by atoms with E-state index >= 15 is 0 Å². The van der Waals surface area contributed by atoms with Crippen molar-refractivity contribution in [2.75, 3.05) is 39.0 Å². The molecule has 1 aliphatic rings. The second-order valence-corrected chi connectivity index (χ2v) is 6.50. The minimum Gasteiger partial charge on any atom is -0.334 e. The van der Waals surface area contributed by atoms with Crippen molar-refractivity contribution in [2.45, 2.75) is 11.3 Å². The molecular formula is C14H20ClN2OS+. The van der Waals surface area contributed by atoms with Gasteiger partial charge in [0.15, 0.2) is 0 Å². The molecule has 1 heterocycles. The summed E-state index contributed by atoms with van der Waals surface area (Å²) >= 11 is 7.55. The molecule has 1 aromatic carbocycles. The molecule has 3 nitrogen and oxygen atoms in total. The fraction of sp³-hybridized carbons (Fsp3) is 0.500. The van der Waals surface area contributed by atoms with Crippen LogP contribution in [0.1, 0.15) is 6.42 Å². The lowest BCUT2D eigenvalue weighted by molar-refractivity contribution is -0.883. The summed E-state index contributed by atoms with van der Waals surface area (Å²) in [5.41, 5.74) is 0. The Kier molecular flexibility index (Phi) is 5.55. The van der Waals surface area contributed by atoms with Crippen LogP contribution in [0.4, 0.5) is 0 Å². The van der Waals surface area contributed by atoms with Crippen LogP contribution in [0.2, 0.25) is 5.02 Å². The minimum absolute atomic E-state index is 0.286. The van der Waals surface area contributed by atoms with Gasteiger partial charge in [0.05, 0.1) is 33.2 Å². The van der Waals surface area contributed by atoms with E-state index in [0.717, 1.165) is 37.0 Å². The number of carbonyl (C=O) groups excluding carboxylic acids is 1. The van der Waals surface area contributed by atoms with Gasteiger partial charge in [-0.1, -0.05) is 11.6 Å². The van der Waals surface area contributed by atoms with Gasteiger partial charge in [-0.2, -0.15) is 0 Å². The first-order chi connectivity index (χ1) is 9.15. The van der Waals surface area contributed by atoms with Crippen molar-refractivity contribution in [2.24, 2.45) is 0 Å². The van der Waals surface area contributed by atoms with Gasteiger partial charge in [0.2, 0.25) is 5.91 Å². The molecule has 0 aliphatic carbocycles. The van der Waals surface area contributed by atoms with Gasteiger partial charge in [-0.3, -0.25) is 4.79 Å². The number of quaternary nitrogens is 1. The normalized spacial score (nSPS) is 16.6. The van der Waals surface area contributed by atoms with Gasteiger partial charge in [0.25, 0.3) is 0 Å². The van der Waals surface area contributed by atoms with Crippen molar-refractivity contribution in [3.8, 4) is 0 Å². The molecule has 1 aliphatic heterocycles. The number of rotatable bonds is 4. The number of amides is 1. The fourth-order valence-corrected chi connectivity index (χ4v) is 3.05. The van der Waals surface area contributed by atoms with Crippen molar-refractivity contribution < 1.29 is 9.69 Å². The summed E-state index contributed by atoms with van der Waals surface area (Å²) in [5, 5.41) is 0.750. The van der Waals surface area contributed by atoms with Crippen molar-refractivity contribution in [3.63, 3.8) is 0 Å². The van der Waals surface area contributed by atoms with E-state index in [1.165, 1.54) is 9.80 Å². The molecule has 0 aromatic heterocycles. The Labute approximate surface area is 123 Å². The van der Waals surface area contributed by atoms with Crippen LogP contribution in [0.15, 0.2) is 29.2 Å². The Balaban J connectivity index is 1.70. The van der Waals surface area contributed by atoms with Crippen LogP contribution < -0.4 is 4.90 Å². The summed E-state index contributed by atoms with van der Waals surface area (Å²) in [6, 6.07) is 7.76. The maximum atomic E-state index is 12.0. The van der Waals surface area contributed by atoms with Crippen molar-refractivity contribution in [1.29, 1.82) is 0 Å². The maximum absolute atomic E-state index is 12.0. The SMILES string of the molecule is C[NH+]1CCN(C(=O)CCSc2ccc(Cl)cc2)CC1. The predicted octanol–water partition coefficient (Wildman–Crippen LogP) is 1.18. The molecule has 1 aromatic rings. The number of benzene rings is 1. The van der Waals surface area contributed by atoms with E-state index in [4.69, 9.17) is 11.6 Å². The summed E-state index contributed by atoms with van der Waals surface area (Å²) in [5.74, 6) is 1.12. The van der Waals surface area contributed by atoms with E-state index in [0.29, 0.717) is 6.42 Å². The van der Waals surface area contributed by atoms with Crippen LogP contribution in [-0.2, 0) is 4.79 Å².